The third-order valence-electron chi connectivity index (χ3n) is 4.71. The van der Waals surface area contributed by atoms with Crippen LogP contribution in [-0.4, -0.2) is 36.0 Å². The van der Waals surface area contributed by atoms with Crippen LogP contribution in [-0.2, 0) is 0 Å². The molecule has 6 nitrogen and oxygen atoms in total. The molecular weight excluding hydrogens is 320 g/mol. The summed E-state index contributed by atoms with van der Waals surface area (Å²) >= 11 is 0. The molecule has 2 aliphatic heterocycles. The van der Waals surface area contributed by atoms with Crippen LogP contribution in [0.5, 0.6) is 0 Å². The van der Waals surface area contributed by atoms with Gasteiger partial charge < -0.3 is 10.0 Å². The van der Waals surface area contributed by atoms with E-state index in [1.165, 1.54) is 6.07 Å². The van der Waals surface area contributed by atoms with Crippen LogP contribution >= 0.6 is 0 Å². The third kappa shape index (κ3) is 2.38. The Kier molecular flexibility index (Phi) is 3.53. The summed E-state index contributed by atoms with van der Waals surface area (Å²) in [5.41, 5.74) is 1.70. The number of aromatic carboxylic acids is 1. The van der Waals surface area contributed by atoms with E-state index in [-0.39, 0.29) is 11.3 Å². The minimum Gasteiger partial charge on any atom is -0.478 e. The van der Waals surface area contributed by atoms with E-state index in [1.54, 1.807) is 36.4 Å². The molecule has 1 saturated heterocycles. The number of imide groups is 1. The number of carboxylic acid groups (broad SMARTS) is 1. The molecular formula is C19H16N2O4. The molecule has 0 bridgehead atoms. The number of anilines is 2. The summed E-state index contributed by atoms with van der Waals surface area (Å²) in [6.45, 7) is 1.62. The van der Waals surface area contributed by atoms with Crippen LogP contribution in [0.2, 0.25) is 0 Å². The Morgan fingerprint density at radius 3 is 2.08 bits per heavy atom. The molecule has 4 rings (SSSR count). The number of carboxylic acids is 1. The summed E-state index contributed by atoms with van der Waals surface area (Å²) in [5, 5.41) is 9.58. The van der Waals surface area contributed by atoms with Crippen molar-refractivity contribution in [1.82, 2.24) is 0 Å². The van der Waals surface area contributed by atoms with Crippen molar-refractivity contribution in [3.05, 3.63) is 59.2 Å². The lowest BCUT2D eigenvalue weighted by Gasteiger charge is -2.22. The molecule has 0 spiro atoms. The Morgan fingerprint density at radius 2 is 1.52 bits per heavy atom. The molecule has 25 heavy (non-hydrogen) atoms. The fraction of sp³-hybridized carbons (Fsp3) is 0.211. The largest absolute Gasteiger partial charge is 0.478 e. The maximum atomic E-state index is 12.6. The first-order chi connectivity index (χ1) is 12.1. The zero-order valence-corrected chi connectivity index (χ0v) is 13.4. The molecule has 2 aromatic carbocycles. The van der Waals surface area contributed by atoms with Gasteiger partial charge in [-0.3, -0.25) is 9.59 Å². The van der Waals surface area contributed by atoms with Gasteiger partial charge in [-0.15, -0.1) is 0 Å². The number of amides is 2. The van der Waals surface area contributed by atoms with Crippen LogP contribution < -0.4 is 9.80 Å². The number of hydrogen-bond acceptors (Lipinski definition) is 4. The van der Waals surface area contributed by atoms with Gasteiger partial charge >= 0.3 is 5.97 Å². The molecule has 2 heterocycles. The number of carbonyl (C=O) groups excluding carboxylic acids is 2. The number of nitrogens with zero attached hydrogens (tertiary/aromatic N) is 2. The Hall–Kier alpha value is -3.15. The standard InChI is InChI=1S/C19H16N2O4/c22-17-13-5-1-2-6-14(13)18(23)21(17)12-7-8-16(15(11-12)19(24)25)20-9-3-4-10-20/h1-2,5-8,11H,3-4,9-10H2,(H,24,25). The average Bonchev–Trinajstić information content (AvgIpc) is 3.23. The van der Waals surface area contributed by atoms with Crippen LogP contribution in [0, 0.1) is 0 Å². The maximum absolute atomic E-state index is 12.6. The predicted molar refractivity (Wildman–Crippen MR) is 92.4 cm³/mol. The van der Waals surface area contributed by atoms with E-state index in [9.17, 15) is 19.5 Å². The van der Waals surface area contributed by atoms with E-state index >= 15 is 0 Å². The fourth-order valence-corrected chi connectivity index (χ4v) is 3.49. The van der Waals surface area contributed by atoms with Gasteiger partial charge in [0.2, 0.25) is 0 Å². The molecule has 0 unspecified atom stereocenters. The summed E-state index contributed by atoms with van der Waals surface area (Å²) in [5.74, 6) is -1.92. The van der Waals surface area contributed by atoms with Crippen molar-refractivity contribution in [3.8, 4) is 0 Å². The lowest BCUT2D eigenvalue weighted by molar-refractivity contribution is 0.0696. The smallest absolute Gasteiger partial charge is 0.337 e. The van der Waals surface area contributed by atoms with Gasteiger partial charge in [-0.1, -0.05) is 12.1 Å². The topological polar surface area (TPSA) is 77.9 Å². The molecule has 0 aliphatic carbocycles. The first kappa shape index (κ1) is 15.4. The Bertz CT molecular complexity index is 865. The normalized spacial score (nSPS) is 16.5. The van der Waals surface area contributed by atoms with E-state index < -0.39 is 17.8 Å². The molecule has 0 radical (unpaired) electrons. The summed E-state index contributed by atoms with van der Waals surface area (Å²) in [6, 6.07) is 11.4. The van der Waals surface area contributed by atoms with Crippen molar-refractivity contribution < 1.29 is 19.5 Å². The first-order valence-electron chi connectivity index (χ1n) is 8.18. The second-order valence-corrected chi connectivity index (χ2v) is 6.19. The number of hydrogen-bond donors (Lipinski definition) is 1. The molecule has 0 atom stereocenters. The highest BCUT2D eigenvalue weighted by molar-refractivity contribution is 6.34. The molecule has 1 N–H and O–H groups in total. The second-order valence-electron chi connectivity index (χ2n) is 6.19. The molecule has 0 saturated carbocycles. The highest BCUT2D eigenvalue weighted by Gasteiger charge is 2.36. The van der Waals surface area contributed by atoms with Crippen LogP contribution in [0.3, 0.4) is 0 Å². The van der Waals surface area contributed by atoms with Gasteiger partial charge in [0.25, 0.3) is 11.8 Å². The highest BCUT2D eigenvalue weighted by Crippen LogP contribution is 2.33. The molecule has 126 valence electrons. The van der Waals surface area contributed by atoms with E-state index in [1.807, 2.05) is 4.90 Å². The quantitative estimate of drug-likeness (QED) is 0.872. The molecule has 2 aromatic rings. The number of rotatable bonds is 3. The SMILES string of the molecule is O=C(O)c1cc(N2C(=O)c3ccccc3C2=O)ccc1N1CCCC1. The molecule has 2 aliphatic rings. The van der Waals surface area contributed by atoms with E-state index in [0.29, 0.717) is 16.8 Å². The monoisotopic (exact) mass is 336 g/mol. The molecule has 2 amide bonds. The molecule has 6 heteroatoms. The summed E-state index contributed by atoms with van der Waals surface area (Å²) in [4.78, 5) is 39.9. The summed E-state index contributed by atoms with van der Waals surface area (Å²) < 4.78 is 0. The van der Waals surface area contributed by atoms with Gasteiger partial charge in [0.15, 0.2) is 0 Å². The Morgan fingerprint density at radius 1 is 0.920 bits per heavy atom. The van der Waals surface area contributed by atoms with Gasteiger partial charge in [-0.2, -0.15) is 0 Å². The van der Waals surface area contributed by atoms with Gasteiger partial charge in [0.1, 0.15) is 0 Å². The van der Waals surface area contributed by atoms with Gasteiger partial charge in [0.05, 0.1) is 28.1 Å². The maximum Gasteiger partial charge on any atom is 0.337 e. The van der Waals surface area contributed by atoms with Gasteiger partial charge in [-0.05, 0) is 43.2 Å². The van der Waals surface area contributed by atoms with E-state index in [4.69, 9.17) is 0 Å². The summed E-state index contributed by atoms with van der Waals surface area (Å²) in [7, 11) is 0. The van der Waals surface area contributed by atoms with Crippen LogP contribution in [0.15, 0.2) is 42.5 Å². The Labute approximate surface area is 144 Å². The number of carbonyl (C=O) groups is 3. The molecule has 1 fully saturated rings. The molecule has 0 aromatic heterocycles. The minimum atomic E-state index is -1.07. The lowest BCUT2D eigenvalue weighted by Crippen LogP contribution is -2.30. The van der Waals surface area contributed by atoms with Crippen LogP contribution in [0.1, 0.15) is 43.9 Å². The zero-order valence-electron chi connectivity index (χ0n) is 13.4. The average molecular weight is 336 g/mol. The first-order valence-corrected chi connectivity index (χ1v) is 8.18. The lowest BCUT2D eigenvalue weighted by atomic mass is 10.1. The fourth-order valence-electron chi connectivity index (χ4n) is 3.49. The van der Waals surface area contributed by atoms with Crippen molar-refractivity contribution in [3.63, 3.8) is 0 Å². The van der Waals surface area contributed by atoms with Gasteiger partial charge in [0, 0.05) is 13.1 Å². The van der Waals surface area contributed by atoms with E-state index in [0.717, 1.165) is 30.8 Å². The second kappa shape index (κ2) is 5.73. The number of benzene rings is 2. The van der Waals surface area contributed by atoms with Crippen molar-refractivity contribution in [2.24, 2.45) is 0 Å². The highest BCUT2D eigenvalue weighted by atomic mass is 16.4. The van der Waals surface area contributed by atoms with Crippen molar-refractivity contribution in [2.45, 2.75) is 12.8 Å². The van der Waals surface area contributed by atoms with Crippen LogP contribution in [0.4, 0.5) is 11.4 Å². The summed E-state index contributed by atoms with van der Waals surface area (Å²) in [6.07, 6.45) is 2.05. The van der Waals surface area contributed by atoms with Crippen molar-refractivity contribution in [2.75, 3.05) is 22.9 Å². The van der Waals surface area contributed by atoms with E-state index in [2.05, 4.69) is 0 Å². The van der Waals surface area contributed by atoms with Crippen molar-refractivity contribution in [1.29, 1.82) is 0 Å². The zero-order chi connectivity index (χ0) is 17.6. The Balaban J connectivity index is 1.77. The van der Waals surface area contributed by atoms with Crippen LogP contribution in [0.25, 0.3) is 0 Å². The minimum absolute atomic E-state index is 0.107. The predicted octanol–water partition coefficient (Wildman–Crippen LogP) is 2.79. The van der Waals surface area contributed by atoms with Crippen molar-refractivity contribution >= 4 is 29.2 Å². The third-order valence-corrected chi connectivity index (χ3v) is 4.71. The number of fused-ring (bicyclic) bond motifs is 1. The van der Waals surface area contributed by atoms with Gasteiger partial charge in [-0.25, -0.2) is 9.69 Å².